The van der Waals surface area contributed by atoms with Crippen molar-refractivity contribution in [3.63, 3.8) is 0 Å². The molecule has 0 bridgehead atoms. The van der Waals surface area contributed by atoms with E-state index in [1.165, 1.54) is 6.42 Å². The largest absolute Gasteiger partial charge is 0.493 e. The maximum absolute atomic E-state index is 13.4. The van der Waals surface area contributed by atoms with Crippen LogP contribution in [0.3, 0.4) is 0 Å². The zero-order chi connectivity index (χ0) is 23.4. The number of aryl methyl sites for hydroxylation is 2. The fraction of sp³-hybridized carbons (Fsp3) is 0.560. The van der Waals surface area contributed by atoms with Crippen LogP contribution >= 0.6 is 11.6 Å². The van der Waals surface area contributed by atoms with Crippen LogP contribution in [-0.4, -0.2) is 59.6 Å². The Bertz CT molecular complexity index is 982. The molecule has 1 aromatic heterocycles. The van der Waals surface area contributed by atoms with E-state index in [0.29, 0.717) is 53.9 Å². The molecule has 4 rings (SSSR count). The number of hydrogen-bond donors (Lipinski definition) is 0. The topological polar surface area (TPSA) is 75.9 Å². The molecule has 0 radical (unpaired) electrons. The molecular formula is C25H32ClN3O4. The molecule has 2 amide bonds. The highest BCUT2D eigenvalue weighted by Crippen LogP contribution is 2.36. The van der Waals surface area contributed by atoms with Crippen molar-refractivity contribution >= 4 is 23.4 Å². The Kier molecular flexibility index (Phi) is 7.27. The summed E-state index contributed by atoms with van der Waals surface area (Å²) in [5.41, 5.74) is 0.640. The molecule has 7 nitrogen and oxygen atoms in total. The molecule has 0 N–H and O–H groups in total. The molecule has 1 atom stereocenters. The minimum Gasteiger partial charge on any atom is -0.493 e. The number of ether oxygens (including phenoxy) is 1. The standard InChI is InChI=1S/C25H32ClN3O4/c1-18-23(19(2)33-27-18)24(31)29-13-7-10-25(16-29,15-22(30)28-11-4-3-5-12-28)17-32-21-9-6-8-20(26)14-21/h6,8-9,14H,3-5,7,10-13,15-17H2,1-2H3/t25-/m1/s1. The Morgan fingerprint density at radius 2 is 1.88 bits per heavy atom. The number of halogens is 1. The highest BCUT2D eigenvalue weighted by Gasteiger charge is 2.42. The normalized spacial score (nSPS) is 21.2. The predicted octanol–water partition coefficient (Wildman–Crippen LogP) is 4.65. The molecule has 0 unspecified atom stereocenters. The minimum atomic E-state index is -0.469. The molecule has 2 aromatic rings. The lowest BCUT2D eigenvalue weighted by Crippen LogP contribution is -2.51. The molecule has 2 aliphatic heterocycles. The maximum Gasteiger partial charge on any atom is 0.259 e. The third kappa shape index (κ3) is 5.52. The average Bonchev–Trinajstić information content (AvgIpc) is 3.16. The van der Waals surface area contributed by atoms with Gasteiger partial charge in [-0.3, -0.25) is 9.59 Å². The van der Waals surface area contributed by atoms with Crippen molar-refractivity contribution < 1.29 is 18.8 Å². The van der Waals surface area contributed by atoms with Crippen molar-refractivity contribution in [2.75, 3.05) is 32.8 Å². The Balaban J connectivity index is 1.55. The lowest BCUT2D eigenvalue weighted by molar-refractivity contribution is -0.136. The summed E-state index contributed by atoms with van der Waals surface area (Å²) >= 11 is 6.13. The molecule has 3 heterocycles. The van der Waals surface area contributed by atoms with E-state index in [4.69, 9.17) is 20.9 Å². The highest BCUT2D eigenvalue weighted by molar-refractivity contribution is 6.30. The van der Waals surface area contributed by atoms with Gasteiger partial charge in [0.25, 0.3) is 5.91 Å². The molecule has 2 fully saturated rings. The van der Waals surface area contributed by atoms with Crippen LogP contribution in [0.1, 0.15) is 60.3 Å². The SMILES string of the molecule is Cc1noc(C)c1C(=O)N1CCC[C@@](COc2cccc(Cl)c2)(CC(=O)N2CCCCC2)C1. The smallest absolute Gasteiger partial charge is 0.259 e. The van der Waals surface area contributed by atoms with Crippen molar-refractivity contribution in [3.05, 3.63) is 46.3 Å². The Hall–Kier alpha value is -2.54. The summed E-state index contributed by atoms with van der Waals surface area (Å²) < 4.78 is 11.4. The number of nitrogens with zero attached hydrogens (tertiary/aromatic N) is 3. The van der Waals surface area contributed by atoms with Crippen LogP contribution in [0.15, 0.2) is 28.8 Å². The van der Waals surface area contributed by atoms with Gasteiger partial charge in [-0.1, -0.05) is 22.8 Å². The van der Waals surface area contributed by atoms with Gasteiger partial charge in [0, 0.05) is 43.0 Å². The average molecular weight is 474 g/mol. The number of piperidine rings is 2. The number of aromatic nitrogens is 1. The first-order chi connectivity index (χ1) is 15.9. The first-order valence-corrected chi connectivity index (χ1v) is 12.1. The summed E-state index contributed by atoms with van der Waals surface area (Å²) in [7, 11) is 0. The van der Waals surface area contributed by atoms with E-state index < -0.39 is 5.41 Å². The van der Waals surface area contributed by atoms with E-state index in [-0.39, 0.29) is 11.8 Å². The molecule has 2 saturated heterocycles. The quantitative estimate of drug-likeness (QED) is 0.610. The van der Waals surface area contributed by atoms with Crippen LogP contribution in [-0.2, 0) is 4.79 Å². The Morgan fingerprint density at radius 1 is 1.12 bits per heavy atom. The zero-order valence-corrected chi connectivity index (χ0v) is 20.2. The van der Waals surface area contributed by atoms with Gasteiger partial charge >= 0.3 is 0 Å². The van der Waals surface area contributed by atoms with E-state index in [2.05, 4.69) is 5.16 Å². The summed E-state index contributed by atoms with van der Waals surface area (Å²) in [4.78, 5) is 30.4. The van der Waals surface area contributed by atoms with Gasteiger partial charge in [0.2, 0.25) is 5.91 Å². The van der Waals surface area contributed by atoms with Crippen molar-refractivity contribution in [1.29, 1.82) is 0 Å². The van der Waals surface area contributed by atoms with Gasteiger partial charge in [-0.2, -0.15) is 0 Å². The van der Waals surface area contributed by atoms with Crippen molar-refractivity contribution in [2.24, 2.45) is 5.41 Å². The van der Waals surface area contributed by atoms with Gasteiger partial charge in [0.15, 0.2) is 0 Å². The minimum absolute atomic E-state index is 0.0940. The number of hydrogen-bond acceptors (Lipinski definition) is 5. The Labute approximate surface area is 200 Å². The second kappa shape index (κ2) is 10.2. The summed E-state index contributed by atoms with van der Waals surface area (Å²) in [6.07, 6.45) is 5.26. The molecule has 8 heteroatoms. The molecule has 33 heavy (non-hydrogen) atoms. The number of rotatable bonds is 6. The van der Waals surface area contributed by atoms with E-state index in [9.17, 15) is 9.59 Å². The molecule has 0 saturated carbocycles. The number of amides is 2. The molecular weight excluding hydrogens is 442 g/mol. The summed E-state index contributed by atoms with van der Waals surface area (Å²) in [5, 5.41) is 4.54. The Morgan fingerprint density at radius 3 is 2.58 bits per heavy atom. The molecule has 178 valence electrons. The molecule has 1 aromatic carbocycles. The van der Waals surface area contributed by atoms with Gasteiger partial charge < -0.3 is 19.1 Å². The molecule has 2 aliphatic rings. The number of benzene rings is 1. The van der Waals surface area contributed by atoms with Crippen LogP contribution in [0.25, 0.3) is 0 Å². The van der Waals surface area contributed by atoms with E-state index >= 15 is 0 Å². The van der Waals surface area contributed by atoms with Crippen molar-refractivity contribution in [2.45, 2.75) is 52.4 Å². The first-order valence-electron chi connectivity index (χ1n) is 11.8. The van der Waals surface area contributed by atoms with Crippen LogP contribution in [0.2, 0.25) is 5.02 Å². The third-order valence-electron chi connectivity index (χ3n) is 6.77. The van der Waals surface area contributed by atoms with Crippen LogP contribution in [0, 0.1) is 19.3 Å². The predicted molar refractivity (Wildman–Crippen MR) is 126 cm³/mol. The lowest BCUT2D eigenvalue weighted by Gasteiger charge is -2.43. The summed E-state index contributed by atoms with van der Waals surface area (Å²) in [6.45, 7) is 6.60. The first kappa shape index (κ1) is 23.6. The third-order valence-corrected chi connectivity index (χ3v) is 7.01. The fourth-order valence-corrected chi connectivity index (χ4v) is 5.19. The van der Waals surface area contributed by atoms with Gasteiger partial charge in [-0.15, -0.1) is 0 Å². The fourth-order valence-electron chi connectivity index (χ4n) is 5.01. The summed E-state index contributed by atoms with van der Waals surface area (Å²) in [5.74, 6) is 1.24. The number of likely N-dealkylation sites (tertiary alicyclic amines) is 2. The highest BCUT2D eigenvalue weighted by atomic mass is 35.5. The van der Waals surface area contributed by atoms with Gasteiger partial charge in [0.1, 0.15) is 17.1 Å². The number of carbonyl (C=O) groups excluding carboxylic acids is 2. The van der Waals surface area contributed by atoms with Crippen LogP contribution in [0.5, 0.6) is 5.75 Å². The van der Waals surface area contributed by atoms with E-state index in [1.54, 1.807) is 26.0 Å². The lowest BCUT2D eigenvalue weighted by atomic mass is 9.77. The molecule has 0 aliphatic carbocycles. The van der Waals surface area contributed by atoms with Crippen LogP contribution in [0.4, 0.5) is 0 Å². The van der Waals surface area contributed by atoms with Crippen molar-refractivity contribution in [1.82, 2.24) is 15.0 Å². The van der Waals surface area contributed by atoms with E-state index in [1.807, 2.05) is 21.9 Å². The van der Waals surface area contributed by atoms with Crippen molar-refractivity contribution in [3.8, 4) is 5.75 Å². The van der Waals surface area contributed by atoms with E-state index in [0.717, 1.165) is 38.8 Å². The summed E-state index contributed by atoms with van der Waals surface area (Å²) in [6, 6.07) is 7.28. The molecule has 0 spiro atoms. The maximum atomic E-state index is 13.4. The van der Waals surface area contributed by atoms with Gasteiger partial charge in [-0.25, -0.2) is 0 Å². The second-order valence-electron chi connectivity index (χ2n) is 9.39. The van der Waals surface area contributed by atoms with Crippen LogP contribution < -0.4 is 4.74 Å². The second-order valence-corrected chi connectivity index (χ2v) is 9.83. The van der Waals surface area contributed by atoms with Gasteiger partial charge in [-0.05, 0) is 64.2 Å². The number of carbonyl (C=O) groups is 2. The zero-order valence-electron chi connectivity index (χ0n) is 19.4. The monoisotopic (exact) mass is 473 g/mol. The van der Waals surface area contributed by atoms with Gasteiger partial charge in [0.05, 0.1) is 12.3 Å².